The highest BCUT2D eigenvalue weighted by atomic mass is 19.4. The first-order chi connectivity index (χ1) is 14.5. The normalized spacial score (nSPS) is 20.8. The zero-order valence-electron chi connectivity index (χ0n) is 16.7. The first kappa shape index (κ1) is 21.5. The lowest BCUT2D eigenvalue weighted by molar-refractivity contribution is -0.141. The average molecular weight is 448 g/mol. The van der Waals surface area contributed by atoms with Crippen molar-refractivity contribution in [2.45, 2.75) is 63.8 Å². The van der Waals surface area contributed by atoms with Crippen molar-refractivity contribution in [3.05, 3.63) is 33.8 Å². The van der Waals surface area contributed by atoms with Gasteiger partial charge in [0.25, 0.3) is 5.92 Å². The van der Waals surface area contributed by atoms with Crippen LogP contribution in [0.4, 0.5) is 22.0 Å². The van der Waals surface area contributed by atoms with Gasteiger partial charge < -0.3 is 4.90 Å². The number of aryl methyl sites for hydroxylation is 2. The van der Waals surface area contributed by atoms with Gasteiger partial charge in [-0.25, -0.2) is 18.3 Å². The molecule has 31 heavy (non-hydrogen) atoms. The number of halogens is 5. The van der Waals surface area contributed by atoms with Gasteiger partial charge in [0, 0.05) is 25.9 Å². The minimum Gasteiger partial charge on any atom is -0.335 e. The van der Waals surface area contributed by atoms with E-state index in [9.17, 15) is 31.5 Å². The molecule has 0 spiro atoms. The molecule has 1 atom stereocenters. The minimum absolute atomic E-state index is 0.0868. The van der Waals surface area contributed by atoms with Gasteiger partial charge >= 0.3 is 11.9 Å². The third-order valence-electron chi connectivity index (χ3n) is 5.66. The number of hydrogen-bond acceptors (Lipinski definition) is 4. The van der Waals surface area contributed by atoms with Crippen molar-refractivity contribution in [2.75, 3.05) is 13.1 Å². The fourth-order valence-corrected chi connectivity index (χ4v) is 4.15. The second-order valence-corrected chi connectivity index (χ2v) is 7.83. The highest BCUT2D eigenvalue weighted by Gasteiger charge is 2.43. The van der Waals surface area contributed by atoms with Crippen LogP contribution in [0.5, 0.6) is 0 Å². The molecule has 0 bridgehead atoms. The van der Waals surface area contributed by atoms with E-state index in [0.717, 1.165) is 20.3 Å². The first-order valence-corrected chi connectivity index (χ1v) is 9.99. The lowest BCUT2D eigenvalue weighted by atomic mass is 10.0. The molecule has 2 aromatic rings. The third kappa shape index (κ3) is 3.97. The fraction of sp³-hybridized carbons (Fsp3) is 0.667. The Morgan fingerprint density at radius 2 is 2.00 bits per heavy atom. The quantitative estimate of drug-likeness (QED) is 0.671. The number of nitrogens with zero attached hydrogens (tertiary/aromatic N) is 6. The van der Waals surface area contributed by atoms with Crippen molar-refractivity contribution in [3.63, 3.8) is 0 Å². The SMILES string of the molecule is CCn1nc(C(F)(F)F)cc1Cn1nc2n(c1=O)C(C(=O)N1CCC(F)(F)C1)CCC2. The van der Waals surface area contributed by atoms with Crippen molar-refractivity contribution in [1.29, 1.82) is 0 Å². The number of carbonyl (C=O) groups excluding carboxylic acids is 1. The summed E-state index contributed by atoms with van der Waals surface area (Å²) in [5.74, 6) is -3.19. The fourth-order valence-electron chi connectivity index (χ4n) is 4.15. The molecule has 170 valence electrons. The largest absolute Gasteiger partial charge is 0.435 e. The molecule has 0 N–H and O–H groups in total. The van der Waals surface area contributed by atoms with Crippen LogP contribution in [-0.2, 0) is 30.5 Å². The summed E-state index contributed by atoms with van der Waals surface area (Å²) in [5, 5.41) is 7.73. The molecule has 1 fully saturated rings. The highest BCUT2D eigenvalue weighted by Crippen LogP contribution is 2.31. The predicted octanol–water partition coefficient (Wildman–Crippen LogP) is 2.07. The molecule has 0 aromatic carbocycles. The molecule has 1 saturated heterocycles. The Morgan fingerprint density at radius 1 is 1.26 bits per heavy atom. The van der Waals surface area contributed by atoms with Crippen molar-refractivity contribution in [2.24, 2.45) is 0 Å². The van der Waals surface area contributed by atoms with Crippen molar-refractivity contribution in [3.8, 4) is 0 Å². The molecule has 4 heterocycles. The van der Waals surface area contributed by atoms with Gasteiger partial charge in [0.15, 0.2) is 5.69 Å². The topological polar surface area (TPSA) is 78.0 Å². The third-order valence-corrected chi connectivity index (χ3v) is 5.66. The van der Waals surface area contributed by atoms with Crippen LogP contribution >= 0.6 is 0 Å². The maximum Gasteiger partial charge on any atom is 0.435 e. The molecule has 1 amide bonds. The van der Waals surface area contributed by atoms with Crippen molar-refractivity contribution >= 4 is 5.91 Å². The van der Waals surface area contributed by atoms with Crippen LogP contribution in [0.15, 0.2) is 10.9 Å². The molecule has 0 aliphatic carbocycles. The highest BCUT2D eigenvalue weighted by molar-refractivity contribution is 5.81. The van der Waals surface area contributed by atoms with Gasteiger partial charge in [0.05, 0.1) is 18.8 Å². The monoisotopic (exact) mass is 448 g/mol. The van der Waals surface area contributed by atoms with E-state index < -0.39 is 48.4 Å². The van der Waals surface area contributed by atoms with E-state index in [2.05, 4.69) is 10.2 Å². The number of aromatic nitrogens is 5. The number of amides is 1. The Bertz CT molecular complexity index is 1050. The van der Waals surface area contributed by atoms with Gasteiger partial charge in [-0.3, -0.25) is 14.0 Å². The molecular weight excluding hydrogens is 427 g/mol. The van der Waals surface area contributed by atoms with Gasteiger partial charge in [-0.1, -0.05) is 0 Å². The summed E-state index contributed by atoms with van der Waals surface area (Å²) in [4.78, 5) is 26.9. The van der Waals surface area contributed by atoms with Crippen LogP contribution in [0.1, 0.15) is 49.4 Å². The lowest BCUT2D eigenvalue weighted by Gasteiger charge is -2.27. The predicted molar refractivity (Wildman–Crippen MR) is 96.6 cm³/mol. The zero-order chi connectivity index (χ0) is 22.6. The molecule has 8 nitrogen and oxygen atoms in total. The van der Waals surface area contributed by atoms with E-state index in [1.165, 1.54) is 4.57 Å². The van der Waals surface area contributed by atoms with Crippen LogP contribution in [0.25, 0.3) is 0 Å². The van der Waals surface area contributed by atoms with Crippen LogP contribution in [0, 0.1) is 0 Å². The summed E-state index contributed by atoms with van der Waals surface area (Å²) in [6.07, 6.45) is -3.78. The van der Waals surface area contributed by atoms with E-state index in [1.807, 2.05) is 0 Å². The standard InChI is InChI=1S/C18H21F5N6O2/c1-2-27-11(8-13(24-27)18(21,22)23)9-28-16(31)29-12(4-3-5-14(29)25-28)15(30)26-7-6-17(19,20)10-26/h8,12H,2-7,9-10H2,1H3. The second kappa shape index (κ2) is 7.45. The lowest BCUT2D eigenvalue weighted by Crippen LogP contribution is -2.42. The van der Waals surface area contributed by atoms with E-state index in [-0.39, 0.29) is 25.3 Å². The zero-order valence-corrected chi connectivity index (χ0v) is 16.7. The van der Waals surface area contributed by atoms with Gasteiger partial charge in [-0.2, -0.15) is 23.4 Å². The van der Waals surface area contributed by atoms with Gasteiger partial charge in [-0.15, -0.1) is 0 Å². The van der Waals surface area contributed by atoms with Crippen LogP contribution in [0.2, 0.25) is 0 Å². The van der Waals surface area contributed by atoms with E-state index in [1.54, 1.807) is 6.92 Å². The first-order valence-electron chi connectivity index (χ1n) is 9.99. The Hall–Kier alpha value is -2.73. The van der Waals surface area contributed by atoms with Gasteiger partial charge in [-0.05, 0) is 25.8 Å². The summed E-state index contributed by atoms with van der Waals surface area (Å²) >= 11 is 0. The van der Waals surface area contributed by atoms with Crippen molar-refractivity contribution in [1.82, 2.24) is 29.0 Å². The smallest absolute Gasteiger partial charge is 0.335 e. The maximum atomic E-state index is 13.5. The van der Waals surface area contributed by atoms with Crippen LogP contribution < -0.4 is 5.69 Å². The molecule has 4 rings (SSSR count). The maximum absolute atomic E-state index is 13.5. The molecule has 0 radical (unpaired) electrons. The summed E-state index contributed by atoms with van der Waals surface area (Å²) in [6, 6.07) is -0.0795. The molecule has 1 unspecified atom stereocenters. The average Bonchev–Trinajstić information content (AvgIpc) is 3.37. The van der Waals surface area contributed by atoms with Gasteiger partial charge in [0.2, 0.25) is 5.91 Å². The number of carbonyl (C=O) groups is 1. The van der Waals surface area contributed by atoms with Crippen LogP contribution in [0.3, 0.4) is 0 Å². The summed E-state index contributed by atoms with van der Waals surface area (Å²) in [6.45, 7) is 0.765. The summed E-state index contributed by atoms with van der Waals surface area (Å²) < 4.78 is 69.4. The molecule has 2 aromatic heterocycles. The summed E-state index contributed by atoms with van der Waals surface area (Å²) in [5.41, 5.74) is -1.57. The van der Waals surface area contributed by atoms with Crippen molar-refractivity contribution < 1.29 is 26.7 Å². The Labute approximate surface area is 173 Å². The van der Waals surface area contributed by atoms with E-state index in [0.29, 0.717) is 25.1 Å². The second-order valence-electron chi connectivity index (χ2n) is 7.83. The molecular formula is C18H21F5N6O2. The molecule has 13 heteroatoms. The number of fused-ring (bicyclic) bond motifs is 1. The number of hydrogen-bond donors (Lipinski definition) is 0. The van der Waals surface area contributed by atoms with Crippen LogP contribution in [-0.4, -0.2) is 53.9 Å². The minimum atomic E-state index is -4.62. The Morgan fingerprint density at radius 3 is 2.61 bits per heavy atom. The molecule has 2 aliphatic heterocycles. The van der Waals surface area contributed by atoms with Gasteiger partial charge in [0.1, 0.15) is 11.9 Å². The molecule has 2 aliphatic rings. The Balaban J connectivity index is 1.63. The van der Waals surface area contributed by atoms with E-state index in [4.69, 9.17) is 0 Å². The number of likely N-dealkylation sites (tertiary alicyclic amines) is 1. The number of rotatable bonds is 4. The molecule has 0 saturated carbocycles. The Kier molecular flexibility index (Phi) is 5.16. The number of alkyl halides is 5. The summed E-state index contributed by atoms with van der Waals surface area (Å²) in [7, 11) is 0. The van der Waals surface area contributed by atoms with E-state index >= 15 is 0 Å².